The maximum Gasteiger partial charge on any atom is 0.274 e. The Morgan fingerprint density at radius 3 is 2.32 bits per heavy atom. The van der Waals surface area contributed by atoms with Crippen molar-refractivity contribution in [2.24, 2.45) is 0 Å². The van der Waals surface area contributed by atoms with Gasteiger partial charge in [0.05, 0.1) is 11.9 Å². The highest BCUT2D eigenvalue weighted by Gasteiger charge is 2.13. The fourth-order valence-corrected chi connectivity index (χ4v) is 3.40. The molecule has 3 aromatic rings. The third kappa shape index (κ3) is 4.14. The summed E-state index contributed by atoms with van der Waals surface area (Å²) in [6, 6.07) is 19.7. The van der Waals surface area contributed by atoms with Crippen molar-refractivity contribution < 1.29 is 4.79 Å². The zero-order valence-corrected chi connectivity index (χ0v) is 16.0. The Morgan fingerprint density at radius 2 is 1.64 bits per heavy atom. The summed E-state index contributed by atoms with van der Waals surface area (Å²) in [7, 11) is 0. The van der Waals surface area contributed by atoms with Crippen LogP contribution >= 0.6 is 0 Å². The van der Waals surface area contributed by atoms with Crippen LogP contribution in [0.5, 0.6) is 0 Å². The maximum atomic E-state index is 12.5. The second kappa shape index (κ2) is 8.13. The van der Waals surface area contributed by atoms with Crippen molar-refractivity contribution in [2.75, 3.05) is 28.6 Å². The first-order chi connectivity index (χ1) is 13.7. The first-order valence-electron chi connectivity index (χ1n) is 9.64. The van der Waals surface area contributed by atoms with E-state index in [1.165, 1.54) is 18.5 Å². The number of para-hydroxylation sites is 1. The van der Waals surface area contributed by atoms with Crippen LogP contribution in [0, 0.1) is 6.92 Å². The highest BCUT2D eigenvalue weighted by atomic mass is 16.1. The molecule has 0 radical (unpaired) electrons. The van der Waals surface area contributed by atoms with Crippen LogP contribution in [-0.2, 0) is 0 Å². The molecule has 1 aliphatic rings. The smallest absolute Gasteiger partial charge is 0.274 e. The van der Waals surface area contributed by atoms with E-state index in [0.29, 0.717) is 5.69 Å². The van der Waals surface area contributed by atoms with Gasteiger partial charge >= 0.3 is 0 Å². The minimum absolute atomic E-state index is 0.212. The second-order valence-corrected chi connectivity index (χ2v) is 7.07. The van der Waals surface area contributed by atoms with Gasteiger partial charge in [0.2, 0.25) is 0 Å². The average Bonchev–Trinajstić information content (AvgIpc) is 3.26. The molecule has 0 unspecified atom stereocenters. The zero-order valence-electron chi connectivity index (χ0n) is 16.0. The van der Waals surface area contributed by atoms with E-state index in [1.54, 1.807) is 12.3 Å². The Labute approximate surface area is 165 Å². The SMILES string of the molecule is Cc1ccccc1Nc1ccc(C(=O)Nc2ccc(N3CCCC3)cc2)nc1. The normalized spacial score (nSPS) is 13.4. The number of carbonyl (C=O) groups is 1. The van der Waals surface area contributed by atoms with Crippen molar-refractivity contribution >= 4 is 28.7 Å². The molecule has 1 aromatic heterocycles. The molecule has 0 saturated carbocycles. The Bertz CT molecular complexity index is 945. The third-order valence-corrected chi connectivity index (χ3v) is 5.02. The van der Waals surface area contributed by atoms with Crippen molar-refractivity contribution in [3.8, 4) is 0 Å². The van der Waals surface area contributed by atoms with E-state index in [1.807, 2.05) is 49.4 Å². The van der Waals surface area contributed by atoms with Crippen LogP contribution in [0.1, 0.15) is 28.9 Å². The number of carbonyl (C=O) groups excluding carboxylic acids is 1. The van der Waals surface area contributed by atoms with Crippen molar-refractivity contribution in [3.05, 3.63) is 78.1 Å². The molecule has 0 bridgehead atoms. The van der Waals surface area contributed by atoms with E-state index in [9.17, 15) is 4.79 Å². The van der Waals surface area contributed by atoms with Crippen molar-refractivity contribution in [2.45, 2.75) is 19.8 Å². The molecule has 0 aliphatic carbocycles. The van der Waals surface area contributed by atoms with Gasteiger partial charge in [-0.05, 0) is 67.8 Å². The van der Waals surface area contributed by atoms with Gasteiger partial charge in [0, 0.05) is 30.2 Å². The van der Waals surface area contributed by atoms with Gasteiger partial charge in [-0.25, -0.2) is 4.98 Å². The third-order valence-electron chi connectivity index (χ3n) is 5.02. The minimum Gasteiger partial charge on any atom is -0.372 e. The predicted octanol–water partition coefficient (Wildman–Crippen LogP) is 4.99. The van der Waals surface area contributed by atoms with Gasteiger partial charge < -0.3 is 15.5 Å². The second-order valence-electron chi connectivity index (χ2n) is 7.07. The number of nitrogens with one attached hydrogen (secondary N) is 2. The zero-order chi connectivity index (χ0) is 19.3. The lowest BCUT2D eigenvalue weighted by Gasteiger charge is -2.17. The number of pyridine rings is 1. The minimum atomic E-state index is -0.212. The van der Waals surface area contributed by atoms with E-state index in [2.05, 4.69) is 32.7 Å². The van der Waals surface area contributed by atoms with Crippen molar-refractivity contribution in [1.29, 1.82) is 0 Å². The molecule has 4 rings (SSSR count). The molecule has 2 aromatic carbocycles. The number of aryl methyl sites for hydroxylation is 1. The molecule has 5 heteroatoms. The molecule has 0 atom stereocenters. The molecule has 142 valence electrons. The van der Waals surface area contributed by atoms with Crippen LogP contribution in [0.4, 0.5) is 22.7 Å². The monoisotopic (exact) mass is 372 g/mol. The summed E-state index contributed by atoms with van der Waals surface area (Å²) in [5.74, 6) is -0.212. The number of hydrogen-bond donors (Lipinski definition) is 2. The highest BCUT2D eigenvalue weighted by Crippen LogP contribution is 2.23. The lowest BCUT2D eigenvalue weighted by molar-refractivity contribution is 0.102. The van der Waals surface area contributed by atoms with Gasteiger partial charge in [-0.2, -0.15) is 0 Å². The summed E-state index contributed by atoms with van der Waals surface area (Å²) in [5, 5.41) is 6.24. The maximum absolute atomic E-state index is 12.5. The number of anilines is 4. The summed E-state index contributed by atoms with van der Waals surface area (Å²) in [6.07, 6.45) is 4.18. The van der Waals surface area contributed by atoms with E-state index < -0.39 is 0 Å². The molecule has 1 amide bonds. The fraction of sp³-hybridized carbons (Fsp3) is 0.217. The van der Waals surface area contributed by atoms with Crippen molar-refractivity contribution in [1.82, 2.24) is 4.98 Å². The van der Waals surface area contributed by atoms with Gasteiger partial charge in [0.25, 0.3) is 5.91 Å². The predicted molar refractivity (Wildman–Crippen MR) is 115 cm³/mol. The average molecular weight is 372 g/mol. The molecule has 1 fully saturated rings. The topological polar surface area (TPSA) is 57.3 Å². The van der Waals surface area contributed by atoms with E-state index in [-0.39, 0.29) is 5.91 Å². The number of amides is 1. The quantitative estimate of drug-likeness (QED) is 0.663. The van der Waals surface area contributed by atoms with E-state index in [4.69, 9.17) is 0 Å². The summed E-state index contributed by atoms with van der Waals surface area (Å²) >= 11 is 0. The Balaban J connectivity index is 1.38. The van der Waals surface area contributed by atoms with Crippen LogP contribution in [-0.4, -0.2) is 24.0 Å². The molecule has 0 spiro atoms. The van der Waals surface area contributed by atoms with Crippen molar-refractivity contribution in [3.63, 3.8) is 0 Å². The van der Waals surface area contributed by atoms with Gasteiger partial charge in [-0.1, -0.05) is 18.2 Å². The number of nitrogens with zero attached hydrogens (tertiary/aromatic N) is 2. The fourth-order valence-electron chi connectivity index (χ4n) is 3.40. The van der Waals surface area contributed by atoms with Crippen LogP contribution < -0.4 is 15.5 Å². The van der Waals surface area contributed by atoms with Crippen LogP contribution in [0.15, 0.2) is 66.9 Å². The Hall–Kier alpha value is -3.34. The lowest BCUT2D eigenvalue weighted by atomic mass is 10.2. The van der Waals surface area contributed by atoms with Gasteiger partial charge in [0.1, 0.15) is 5.69 Å². The number of aromatic nitrogens is 1. The Kier molecular flexibility index (Phi) is 5.24. The van der Waals surface area contributed by atoms with Crippen LogP contribution in [0.3, 0.4) is 0 Å². The lowest BCUT2D eigenvalue weighted by Crippen LogP contribution is -2.17. The molecule has 5 nitrogen and oxygen atoms in total. The summed E-state index contributed by atoms with van der Waals surface area (Å²) in [4.78, 5) is 19.1. The van der Waals surface area contributed by atoms with Gasteiger partial charge in [-0.3, -0.25) is 4.79 Å². The first kappa shape index (κ1) is 18.0. The number of benzene rings is 2. The summed E-state index contributed by atoms with van der Waals surface area (Å²) in [5.41, 5.74) is 5.40. The largest absolute Gasteiger partial charge is 0.372 e. The molecule has 28 heavy (non-hydrogen) atoms. The molecule has 2 heterocycles. The highest BCUT2D eigenvalue weighted by molar-refractivity contribution is 6.03. The molecule has 2 N–H and O–H groups in total. The number of hydrogen-bond acceptors (Lipinski definition) is 4. The molecular formula is C23H24N4O. The molecule has 1 saturated heterocycles. The molecular weight excluding hydrogens is 348 g/mol. The van der Waals surface area contributed by atoms with Crippen LogP contribution in [0.2, 0.25) is 0 Å². The molecule has 1 aliphatic heterocycles. The standard InChI is InChI=1S/C23H24N4O/c1-17-6-2-3-7-21(17)25-19-10-13-22(24-16-19)23(28)26-18-8-11-20(12-9-18)27-14-4-5-15-27/h2-3,6-13,16,25H,4-5,14-15H2,1H3,(H,26,28). The summed E-state index contributed by atoms with van der Waals surface area (Å²) < 4.78 is 0. The number of rotatable bonds is 5. The summed E-state index contributed by atoms with van der Waals surface area (Å²) in [6.45, 7) is 4.27. The van der Waals surface area contributed by atoms with Gasteiger partial charge in [0.15, 0.2) is 0 Å². The van der Waals surface area contributed by atoms with E-state index >= 15 is 0 Å². The van der Waals surface area contributed by atoms with Crippen LogP contribution in [0.25, 0.3) is 0 Å². The van der Waals surface area contributed by atoms with Gasteiger partial charge in [-0.15, -0.1) is 0 Å². The van der Waals surface area contributed by atoms with E-state index in [0.717, 1.165) is 35.7 Å². The first-order valence-corrected chi connectivity index (χ1v) is 9.64. The Morgan fingerprint density at radius 1 is 0.929 bits per heavy atom.